The number of anilines is 1. The first-order chi connectivity index (χ1) is 13.8. The topological polar surface area (TPSA) is 60.7 Å². The first kappa shape index (κ1) is 20.1. The molecule has 29 heavy (non-hydrogen) atoms. The van der Waals surface area contributed by atoms with Crippen LogP contribution in [0.4, 0.5) is 5.69 Å². The van der Waals surface area contributed by atoms with E-state index in [1.165, 1.54) is 21.1 Å². The van der Waals surface area contributed by atoms with Crippen LogP contribution in [0, 0.1) is 20.8 Å². The van der Waals surface area contributed by atoms with Crippen molar-refractivity contribution in [2.75, 3.05) is 37.6 Å². The summed E-state index contributed by atoms with van der Waals surface area (Å²) in [5.41, 5.74) is 3.61. The Kier molecular flexibility index (Phi) is 5.01. The molecule has 0 saturated carbocycles. The molecule has 2 aromatic rings. The van der Waals surface area contributed by atoms with E-state index in [0.717, 1.165) is 24.9 Å². The third-order valence-electron chi connectivity index (χ3n) is 6.04. The number of hydrogen-bond donors (Lipinski definition) is 0. The van der Waals surface area contributed by atoms with Gasteiger partial charge >= 0.3 is 0 Å². The molecule has 4 rings (SSSR count). The number of aldehydes is 1. The van der Waals surface area contributed by atoms with Crippen molar-refractivity contribution >= 4 is 22.0 Å². The monoisotopic (exact) mass is 413 g/mol. The highest BCUT2D eigenvalue weighted by Gasteiger charge is 2.63. The van der Waals surface area contributed by atoms with Crippen LogP contribution in [0.5, 0.6) is 0 Å². The van der Waals surface area contributed by atoms with Crippen LogP contribution in [0.1, 0.15) is 16.7 Å². The molecule has 0 bridgehead atoms. The van der Waals surface area contributed by atoms with E-state index < -0.39 is 15.7 Å². The number of piperazine rings is 1. The molecule has 2 heterocycles. The summed E-state index contributed by atoms with van der Waals surface area (Å²) in [7, 11) is -3.68. The summed E-state index contributed by atoms with van der Waals surface area (Å²) in [6.07, 6.45) is 0.798. The average molecular weight is 414 g/mol. The third-order valence-corrected chi connectivity index (χ3v) is 7.93. The minimum Gasteiger partial charge on any atom is -0.369 e. The third kappa shape index (κ3) is 3.47. The van der Waals surface area contributed by atoms with Crippen LogP contribution in [0.2, 0.25) is 0 Å². The molecule has 0 spiro atoms. The number of rotatable bonds is 5. The maximum Gasteiger partial charge on any atom is 0.245 e. The van der Waals surface area contributed by atoms with Gasteiger partial charge in [-0.2, -0.15) is 4.31 Å². The van der Waals surface area contributed by atoms with Crippen LogP contribution < -0.4 is 4.90 Å². The Labute approximate surface area is 172 Å². The molecule has 0 aromatic heterocycles. The molecule has 2 saturated heterocycles. The van der Waals surface area contributed by atoms with Gasteiger partial charge in [-0.15, -0.1) is 0 Å². The lowest BCUT2D eigenvalue weighted by atomic mass is 10.1. The van der Waals surface area contributed by atoms with Crippen molar-refractivity contribution in [1.82, 2.24) is 9.21 Å². The zero-order valence-electron chi connectivity index (χ0n) is 17.1. The second-order valence-electron chi connectivity index (χ2n) is 8.09. The molecular weight excluding hydrogens is 386 g/mol. The van der Waals surface area contributed by atoms with Crippen LogP contribution in [0.25, 0.3) is 0 Å². The Morgan fingerprint density at radius 2 is 1.52 bits per heavy atom. The van der Waals surface area contributed by atoms with Gasteiger partial charge in [0.2, 0.25) is 10.0 Å². The van der Waals surface area contributed by atoms with Crippen LogP contribution in [-0.2, 0) is 14.8 Å². The van der Waals surface area contributed by atoms with Crippen LogP contribution >= 0.6 is 0 Å². The van der Waals surface area contributed by atoms with Gasteiger partial charge < -0.3 is 4.90 Å². The van der Waals surface area contributed by atoms with E-state index in [-0.39, 0.29) is 11.4 Å². The fourth-order valence-electron chi connectivity index (χ4n) is 4.13. The molecule has 2 aliphatic heterocycles. The van der Waals surface area contributed by atoms with Crippen molar-refractivity contribution in [3.05, 3.63) is 59.2 Å². The second kappa shape index (κ2) is 7.23. The van der Waals surface area contributed by atoms with Crippen LogP contribution in [-0.4, -0.2) is 62.3 Å². The van der Waals surface area contributed by atoms with E-state index in [1.807, 2.05) is 11.8 Å². The Hall–Kier alpha value is -2.22. The van der Waals surface area contributed by atoms with Gasteiger partial charge in [0.15, 0.2) is 11.9 Å². The Bertz CT molecular complexity index is 1030. The Morgan fingerprint density at radius 3 is 2.14 bits per heavy atom. The molecule has 0 aliphatic carbocycles. The van der Waals surface area contributed by atoms with Gasteiger partial charge in [-0.1, -0.05) is 29.8 Å². The smallest absolute Gasteiger partial charge is 0.245 e. The van der Waals surface area contributed by atoms with Gasteiger partial charge in [-0.25, -0.2) is 8.42 Å². The molecule has 6 nitrogen and oxygen atoms in total. The first-order valence-electron chi connectivity index (χ1n) is 9.91. The van der Waals surface area contributed by atoms with Crippen molar-refractivity contribution in [3.8, 4) is 0 Å². The predicted octanol–water partition coefficient (Wildman–Crippen LogP) is 2.33. The number of carbonyl (C=O) groups is 1. The van der Waals surface area contributed by atoms with E-state index in [1.54, 1.807) is 24.3 Å². The van der Waals surface area contributed by atoms with Crippen molar-refractivity contribution in [2.24, 2.45) is 0 Å². The number of sulfonamides is 1. The highest BCUT2D eigenvalue weighted by molar-refractivity contribution is 7.89. The van der Waals surface area contributed by atoms with E-state index in [9.17, 15) is 13.2 Å². The summed E-state index contributed by atoms with van der Waals surface area (Å²) >= 11 is 0. The highest BCUT2D eigenvalue weighted by Crippen LogP contribution is 2.40. The predicted molar refractivity (Wildman–Crippen MR) is 114 cm³/mol. The molecule has 2 fully saturated rings. The zero-order chi connectivity index (χ0) is 20.8. The zero-order valence-corrected chi connectivity index (χ0v) is 17.9. The fourth-order valence-corrected chi connectivity index (χ4v) is 5.80. The van der Waals surface area contributed by atoms with E-state index in [2.05, 4.69) is 36.9 Å². The van der Waals surface area contributed by atoms with Crippen molar-refractivity contribution < 1.29 is 13.2 Å². The molecular formula is C22H27N3O3S. The lowest BCUT2D eigenvalue weighted by Crippen LogP contribution is -2.54. The van der Waals surface area contributed by atoms with Gasteiger partial charge in [0, 0.05) is 31.9 Å². The Morgan fingerprint density at radius 1 is 0.897 bits per heavy atom. The van der Waals surface area contributed by atoms with Crippen molar-refractivity contribution in [1.29, 1.82) is 0 Å². The van der Waals surface area contributed by atoms with Gasteiger partial charge in [0.05, 0.1) is 11.4 Å². The summed E-state index contributed by atoms with van der Waals surface area (Å²) < 4.78 is 27.4. The van der Waals surface area contributed by atoms with Gasteiger partial charge in [-0.3, -0.25) is 9.69 Å². The van der Waals surface area contributed by atoms with Crippen LogP contribution in [0.3, 0.4) is 0 Å². The summed E-state index contributed by atoms with van der Waals surface area (Å²) in [4.78, 5) is 16.6. The van der Waals surface area contributed by atoms with Crippen molar-refractivity contribution in [3.63, 3.8) is 0 Å². The summed E-state index contributed by atoms with van der Waals surface area (Å²) in [6, 6.07) is 13.2. The molecule has 2 aliphatic rings. The normalized spacial score (nSPS) is 25.1. The molecule has 0 N–H and O–H groups in total. The molecule has 0 radical (unpaired) electrons. The average Bonchev–Trinajstić information content (AvgIpc) is 3.47. The Balaban J connectivity index is 1.50. The lowest BCUT2D eigenvalue weighted by molar-refractivity contribution is -0.115. The SMILES string of the molecule is Cc1ccc(S(=O)(=O)N2CC2(C=O)N2CCN(c3cc(C)ccc3C)CC2)cc1. The minimum atomic E-state index is -3.68. The van der Waals surface area contributed by atoms with E-state index in [4.69, 9.17) is 0 Å². The highest BCUT2D eigenvalue weighted by atomic mass is 32.2. The molecule has 154 valence electrons. The van der Waals surface area contributed by atoms with Gasteiger partial charge in [-0.05, 0) is 50.1 Å². The van der Waals surface area contributed by atoms with Gasteiger partial charge in [0.25, 0.3) is 0 Å². The molecule has 2 aromatic carbocycles. The molecule has 2 unspecified atom stereocenters. The van der Waals surface area contributed by atoms with Crippen molar-refractivity contribution in [2.45, 2.75) is 31.3 Å². The second-order valence-corrected chi connectivity index (χ2v) is 9.95. The van der Waals surface area contributed by atoms with Gasteiger partial charge in [0.1, 0.15) is 0 Å². The molecule has 2 atom stereocenters. The molecule has 7 heteroatoms. The number of benzene rings is 2. The summed E-state index contributed by atoms with van der Waals surface area (Å²) in [5, 5.41) is 0. The lowest BCUT2D eigenvalue weighted by Gasteiger charge is -2.39. The number of carbonyl (C=O) groups excluding carboxylic acids is 1. The molecule has 0 amide bonds. The standard InChI is InChI=1S/C22H27N3O3S/c1-17-5-8-20(9-6-17)29(27,28)25-15-22(25,16-26)24-12-10-23(11-13-24)21-14-18(2)4-7-19(21)3/h4-9,14,16H,10-13,15H2,1-3H3. The maximum absolute atomic E-state index is 13.0. The quantitative estimate of drug-likeness (QED) is 0.556. The number of aryl methyl sites for hydroxylation is 3. The number of nitrogens with zero attached hydrogens (tertiary/aromatic N) is 3. The fraction of sp³-hybridized carbons (Fsp3) is 0.409. The summed E-state index contributed by atoms with van der Waals surface area (Å²) in [6.45, 7) is 9.13. The minimum absolute atomic E-state index is 0.218. The van der Waals surface area contributed by atoms with E-state index in [0.29, 0.717) is 13.1 Å². The number of hydrogen-bond acceptors (Lipinski definition) is 5. The summed E-state index contributed by atoms with van der Waals surface area (Å²) in [5.74, 6) is 0. The largest absolute Gasteiger partial charge is 0.369 e. The maximum atomic E-state index is 13.0. The van der Waals surface area contributed by atoms with E-state index >= 15 is 0 Å². The first-order valence-corrected chi connectivity index (χ1v) is 11.3. The van der Waals surface area contributed by atoms with Crippen LogP contribution in [0.15, 0.2) is 47.4 Å².